The lowest BCUT2D eigenvalue weighted by Crippen LogP contribution is -2.31. The average molecular weight is 313 g/mol. The van der Waals surface area contributed by atoms with E-state index in [4.69, 9.17) is 0 Å². The Morgan fingerprint density at radius 1 is 1.09 bits per heavy atom. The predicted molar refractivity (Wildman–Crippen MR) is 96.8 cm³/mol. The van der Waals surface area contributed by atoms with Gasteiger partial charge in [-0.25, -0.2) is 9.97 Å². The monoisotopic (exact) mass is 313 g/mol. The Kier molecular flexibility index (Phi) is 6.35. The van der Waals surface area contributed by atoms with E-state index in [1.165, 1.54) is 5.56 Å². The van der Waals surface area contributed by atoms with Crippen molar-refractivity contribution in [2.75, 3.05) is 37.4 Å². The lowest BCUT2D eigenvalue weighted by molar-refractivity contribution is 0.425. The fourth-order valence-corrected chi connectivity index (χ4v) is 2.32. The van der Waals surface area contributed by atoms with Gasteiger partial charge < -0.3 is 15.1 Å². The van der Waals surface area contributed by atoms with E-state index in [0.717, 1.165) is 31.3 Å². The van der Waals surface area contributed by atoms with Gasteiger partial charge in [-0.2, -0.15) is 0 Å². The van der Waals surface area contributed by atoms with Gasteiger partial charge in [0.15, 0.2) is 0 Å². The third-order valence-electron chi connectivity index (χ3n) is 3.63. The number of hydrogen-bond donors (Lipinski definition) is 1. The second kappa shape index (κ2) is 8.48. The van der Waals surface area contributed by atoms with Gasteiger partial charge in [0.1, 0.15) is 18.0 Å². The quantitative estimate of drug-likeness (QED) is 0.812. The molecular weight excluding hydrogens is 286 g/mol. The molecule has 23 heavy (non-hydrogen) atoms. The topological polar surface area (TPSA) is 44.3 Å². The molecule has 124 valence electrons. The summed E-state index contributed by atoms with van der Waals surface area (Å²) in [5, 5.41) is 3.35. The van der Waals surface area contributed by atoms with Crippen molar-refractivity contribution >= 4 is 11.6 Å². The smallest absolute Gasteiger partial charge is 0.134 e. The summed E-state index contributed by atoms with van der Waals surface area (Å²) in [4.78, 5) is 13.2. The lowest BCUT2D eigenvalue weighted by atomic mass is 10.2. The molecule has 0 aliphatic heterocycles. The van der Waals surface area contributed by atoms with Crippen molar-refractivity contribution in [3.63, 3.8) is 0 Å². The Morgan fingerprint density at radius 2 is 1.83 bits per heavy atom. The number of nitrogens with one attached hydrogen (secondary N) is 1. The van der Waals surface area contributed by atoms with Crippen LogP contribution in [0.3, 0.4) is 0 Å². The first-order valence-corrected chi connectivity index (χ1v) is 8.07. The van der Waals surface area contributed by atoms with Crippen LogP contribution in [0.1, 0.15) is 19.4 Å². The molecule has 0 aliphatic carbocycles. The van der Waals surface area contributed by atoms with E-state index in [0.29, 0.717) is 6.04 Å². The SMILES string of the molecule is CC(C)N(Cc1ccccc1)c1cc(NCCN(C)C)ncn1. The molecule has 0 saturated carbocycles. The third-order valence-corrected chi connectivity index (χ3v) is 3.63. The second-order valence-electron chi connectivity index (χ2n) is 6.20. The maximum atomic E-state index is 4.46. The van der Waals surface area contributed by atoms with Crippen LogP contribution in [-0.2, 0) is 6.54 Å². The van der Waals surface area contributed by atoms with Crippen molar-refractivity contribution in [2.45, 2.75) is 26.4 Å². The molecule has 5 nitrogen and oxygen atoms in total. The maximum Gasteiger partial charge on any atom is 0.134 e. The summed E-state index contributed by atoms with van der Waals surface area (Å²) >= 11 is 0. The number of nitrogens with zero attached hydrogens (tertiary/aromatic N) is 4. The highest BCUT2D eigenvalue weighted by molar-refractivity contribution is 5.49. The van der Waals surface area contributed by atoms with Gasteiger partial charge in [-0.1, -0.05) is 30.3 Å². The van der Waals surface area contributed by atoms with Crippen molar-refractivity contribution in [3.8, 4) is 0 Å². The molecule has 0 atom stereocenters. The minimum absolute atomic E-state index is 0.361. The van der Waals surface area contributed by atoms with Crippen LogP contribution in [0.25, 0.3) is 0 Å². The molecule has 0 amide bonds. The van der Waals surface area contributed by atoms with E-state index in [1.54, 1.807) is 6.33 Å². The van der Waals surface area contributed by atoms with Gasteiger partial charge in [0.05, 0.1) is 0 Å². The molecule has 0 fully saturated rings. The zero-order valence-corrected chi connectivity index (χ0v) is 14.5. The Balaban J connectivity index is 2.09. The van der Waals surface area contributed by atoms with Crippen LogP contribution in [-0.4, -0.2) is 48.1 Å². The Bertz CT molecular complexity index is 583. The zero-order chi connectivity index (χ0) is 16.7. The number of likely N-dealkylation sites (N-methyl/N-ethyl adjacent to an activating group) is 1. The molecular formula is C18H27N5. The molecule has 5 heteroatoms. The van der Waals surface area contributed by atoms with Crippen LogP contribution >= 0.6 is 0 Å². The second-order valence-corrected chi connectivity index (χ2v) is 6.20. The number of rotatable bonds is 8. The fourth-order valence-electron chi connectivity index (χ4n) is 2.32. The van der Waals surface area contributed by atoms with Crippen molar-refractivity contribution in [3.05, 3.63) is 48.3 Å². The molecule has 0 radical (unpaired) electrons. The minimum Gasteiger partial charge on any atom is -0.369 e. The van der Waals surface area contributed by atoms with Gasteiger partial charge in [0.2, 0.25) is 0 Å². The summed E-state index contributed by atoms with van der Waals surface area (Å²) in [5.74, 6) is 1.82. The summed E-state index contributed by atoms with van der Waals surface area (Å²) in [6, 6.07) is 12.9. The summed E-state index contributed by atoms with van der Waals surface area (Å²) in [6.07, 6.45) is 1.63. The van der Waals surface area contributed by atoms with E-state index in [2.05, 4.69) is 77.3 Å². The molecule has 1 aromatic carbocycles. The van der Waals surface area contributed by atoms with E-state index in [1.807, 2.05) is 12.1 Å². The number of aromatic nitrogens is 2. The van der Waals surface area contributed by atoms with Gasteiger partial charge in [-0.3, -0.25) is 0 Å². The normalized spacial score (nSPS) is 11.0. The standard InChI is InChI=1S/C18H27N5/c1-15(2)23(13-16-8-6-5-7-9-16)18-12-17(20-14-21-18)19-10-11-22(3)4/h5-9,12,14-15H,10-11,13H2,1-4H3,(H,19,20,21). The molecule has 0 unspecified atom stereocenters. The lowest BCUT2D eigenvalue weighted by Gasteiger charge is -2.28. The van der Waals surface area contributed by atoms with Gasteiger partial charge in [-0.05, 0) is 33.5 Å². The molecule has 2 rings (SSSR count). The zero-order valence-electron chi connectivity index (χ0n) is 14.5. The first-order chi connectivity index (χ1) is 11.1. The van der Waals surface area contributed by atoms with Crippen LogP contribution in [0.5, 0.6) is 0 Å². The molecule has 2 aromatic rings. The maximum absolute atomic E-state index is 4.46. The van der Waals surface area contributed by atoms with Crippen LogP contribution in [0.2, 0.25) is 0 Å². The summed E-state index contributed by atoms with van der Waals surface area (Å²) < 4.78 is 0. The number of benzene rings is 1. The first kappa shape index (κ1) is 17.2. The molecule has 0 bridgehead atoms. The highest BCUT2D eigenvalue weighted by Gasteiger charge is 2.13. The first-order valence-electron chi connectivity index (χ1n) is 8.07. The van der Waals surface area contributed by atoms with Gasteiger partial charge in [0, 0.05) is 31.7 Å². The number of anilines is 2. The van der Waals surface area contributed by atoms with Crippen LogP contribution in [0, 0.1) is 0 Å². The van der Waals surface area contributed by atoms with E-state index in [-0.39, 0.29) is 0 Å². The van der Waals surface area contributed by atoms with E-state index in [9.17, 15) is 0 Å². The van der Waals surface area contributed by atoms with Gasteiger partial charge in [0.25, 0.3) is 0 Å². The third kappa shape index (κ3) is 5.53. The van der Waals surface area contributed by atoms with Gasteiger partial charge >= 0.3 is 0 Å². The van der Waals surface area contributed by atoms with Crippen LogP contribution in [0.15, 0.2) is 42.7 Å². The van der Waals surface area contributed by atoms with Crippen molar-refractivity contribution in [1.82, 2.24) is 14.9 Å². The number of hydrogen-bond acceptors (Lipinski definition) is 5. The van der Waals surface area contributed by atoms with E-state index < -0.39 is 0 Å². The molecule has 0 spiro atoms. The van der Waals surface area contributed by atoms with E-state index >= 15 is 0 Å². The fraction of sp³-hybridized carbons (Fsp3) is 0.444. The summed E-state index contributed by atoms with van der Waals surface area (Å²) in [6.45, 7) is 7.04. The Hall–Kier alpha value is -2.14. The average Bonchev–Trinajstić information content (AvgIpc) is 2.53. The van der Waals surface area contributed by atoms with Gasteiger partial charge in [-0.15, -0.1) is 0 Å². The highest BCUT2D eigenvalue weighted by atomic mass is 15.2. The molecule has 1 heterocycles. The van der Waals surface area contributed by atoms with Crippen LogP contribution in [0.4, 0.5) is 11.6 Å². The molecule has 1 N–H and O–H groups in total. The molecule has 0 aliphatic rings. The minimum atomic E-state index is 0.361. The summed E-state index contributed by atoms with van der Waals surface area (Å²) in [5.41, 5.74) is 1.28. The largest absolute Gasteiger partial charge is 0.369 e. The Labute approximate surface area is 139 Å². The predicted octanol–water partition coefficient (Wildman–Crippen LogP) is 2.87. The Morgan fingerprint density at radius 3 is 2.48 bits per heavy atom. The molecule has 0 saturated heterocycles. The van der Waals surface area contributed by atoms with Crippen molar-refractivity contribution < 1.29 is 0 Å². The van der Waals surface area contributed by atoms with Crippen molar-refractivity contribution in [1.29, 1.82) is 0 Å². The highest BCUT2D eigenvalue weighted by Crippen LogP contribution is 2.19. The van der Waals surface area contributed by atoms with Crippen molar-refractivity contribution in [2.24, 2.45) is 0 Å². The van der Waals surface area contributed by atoms with Crippen LogP contribution < -0.4 is 10.2 Å². The molecule has 1 aromatic heterocycles. The summed E-state index contributed by atoms with van der Waals surface area (Å²) in [7, 11) is 4.13.